The highest BCUT2D eigenvalue weighted by molar-refractivity contribution is 9.10. The Hall–Kier alpha value is -0.680. The summed E-state index contributed by atoms with van der Waals surface area (Å²) < 4.78 is 6.94. The van der Waals surface area contributed by atoms with Gasteiger partial charge in [-0.15, -0.1) is 0 Å². The minimum Gasteiger partial charge on any atom is -0.374 e. The SMILES string of the molecule is CCNc1nc(C2CC3CCC2O3)nc(CC)c1Br. The number of aromatic nitrogens is 2. The quantitative estimate of drug-likeness (QED) is 0.922. The molecule has 2 bridgehead atoms. The van der Waals surface area contributed by atoms with E-state index in [1.807, 2.05) is 0 Å². The molecule has 1 aromatic rings. The van der Waals surface area contributed by atoms with Gasteiger partial charge in [-0.05, 0) is 48.5 Å². The molecule has 4 nitrogen and oxygen atoms in total. The first-order valence-electron chi connectivity index (χ1n) is 7.18. The topological polar surface area (TPSA) is 47.0 Å². The molecule has 0 aliphatic carbocycles. The lowest BCUT2D eigenvalue weighted by molar-refractivity contribution is 0.0998. The summed E-state index contributed by atoms with van der Waals surface area (Å²) in [5.41, 5.74) is 1.09. The fraction of sp³-hybridized carbons (Fsp3) is 0.714. The lowest BCUT2D eigenvalue weighted by Gasteiger charge is -2.19. The number of nitrogens with one attached hydrogen (secondary N) is 1. The molecular weight excluding hydrogens is 306 g/mol. The van der Waals surface area contributed by atoms with Gasteiger partial charge >= 0.3 is 0 Å². The van der Waals surface area contributed by atoms with Crippen LogP contribution in [0.3, 0.4) is 0 Å². The Morgan fingerprint density at radius 3 is 2.74 bits per heavy atom. The minimum absolute atomic E-state index is 0.338. The zero-order valence-corrected chi connectivity index (χ0v) is 13.0. The van der Waals surface area contributed by atoms with Gasteiger partial charge in [-0.3, -0.25) is 0 Å². The third-order valence-corrected chi connectivity index (χ3v) is 4.89. The van der Waals surface area contributed by atoms with Crippen LogP contribution in [-0.4, -0.2) is 28.7 Å². The van der Waals surface area contributed by atoms with Crippen molar-refractivity contribution in [1.82, 2.24) is 9.97 Å². The molecule has 2 aliphatic rings. The largest absolute Gasteiger partial charge is 0.374 e. The lowest BCUT2D eigenvalue weighted by Crippen LogP contribution is -2.19. The average Bonchev–Trinajstić information content (AvgIpc) is 3.03. The van der Waals surface area contributed by atoms with E-state index in [4.69, 9.17) is 14.7 Å². The summed E-state index contributed by atoms with van der Waals surface area (Å²) in [6, 6.07) is 0. The van der Waals surface area contributed by atoms with Gasteiger partial charge in [0.05, 0.1) is 22.4 Å². The molecule has 3 unspecified atom stereocenters. The van der Waals surface area contributed by atoms with E-state index in [0.29, 0.717) is 18.1 Å². The Morgan fingerprint density at radius 2 is 2.16 bits per heavy atom. The van der Waals surface area contributed by atoms with Gasteiger partial charge in [0.2, 0.25) is 0 Å². The van der Waals surface area contributed by atoms with Crippen molar-refractivity contribution in [2.75, 3.05) is 11.9 Å². The molecule has 3 atom stereocenters. The standard InChI is InChI=1S/C14H20BrN3O/c1-3-10-12(15)14(16-4-2)18-13(17-10)9-7-8-5-6-11(9)19-8/h8-9,11H,3-7H2,1-2H3,(H,16,17,18). The molecule has 0 aromatic carbocycles. The summed E-state index contributed by atoms with van der Waals surface area (Å²) in [5, 5.41) is 3.32. The summed E-state index contributed by atoms with van der Waals surface area (Å²) in [7, 11) is 0. The van der Waals surface area contributed by atoms with Gasteiger partial charge in [0.1, 0.15) is 11.6 Å². The third-order valence-electron chi connectivity index (χ3n) is 4.05. The molecule has 3 heterocycles. The van der Waals surface area contributed by atoms with Crippen molar-refractivity contribution in [3.05, 3.63) is 16.0 Å². The first-order valence-corrected chi connectivity index (χ1v) is 7.97. The van der Waals surface area contributed by atoms with E-state index < -0.39 is 0 Å². The number of fused-ring (bicyclic) bond motifs is 2. The maximum absolute atomic E-state index is 5.93. The second-order valence-corrected chi connectivity index (χ2v) is 6.08. The molecule has 2 saturated heterocycles. The van der Waals surface area contributed by atoms with Gasteiger partial charge in [-0.25, -0.2) is 9.97 Å². The first-order chi connectivity index (χ1) is 9.22. The average molecular weight is 326 g/mol. The predicted octanol–water partition coefficient (Wildman–Crippen LogP) is 3.27. The molecule has 5 heteroatoms. The van der Waals surface area contributed by atoms with Gasteiger partial charge in [-0.1, -0.05) is 6.92 Å². The van der Waals surface area contributed by atoms with E-state index in [2.05, 4.69) is 35.1 Å². The molecule has 1 aromatic heterocycles. The third kappa shape index (κ3) is 2.38. The van der Waals surface area contributed by atoms with Crippen molar-refractivity contribution in [3.8, 4) is 0 Å². The van der Waals surface area contributed by atoms with Crippen molar-refractivity contribution in [2.45, 2.75) is 57.7 Å². The van der Waals surface area contributed by atoms with E-state index in [1.165, 1.54) is 6.42 Å². The second kappa shape index (κ2) is 5.37. The Bertz CT molecular complexity index is 480. The van der Waals surface area contributed by atoms with E-state index >= 15 is 0 Å². The zero-order chi connectivity index (χ0) is 13.4. The maximum atomic E-state index is 5.93. The highest BCUT2D eigenvalue weighted by Gasteiger charge is 2.43. The number of halogens is 1. The van der Waals surface area contributed by atoms with Crippen LogP contribution in [-0.2, 0) is 11.2 Å². The number of aryl methyl sites for hydroxylation is 1. The molecule has 0 radical (unpaired) electrons. The molecule has 0 amide bonds. The molecule has 104 valence electrons. The van der Waals surface area contributed by atoms with Crippen molar-refractivity contribution in [2.24, 2.45) is 0 Å². The summed E-state index contributed by atoms with van der Waals surface area (Å²) >= 11 is 3.61. The predicted molar refractivity (Wildman–Crippen MR) is 78.5 cm³/mol. The van der Waals surface area contributed by atoms with Crippen LogP contribution < -0.4 is 5.32 Å². The van der Waals surface area contributed by atoms with E-state index in [0.717, 1.165) is 47.6 Å². The van der Waals surface area contributed by atoms with Crippen LogP contribution in [0.1, 0.15) is 50.5 Å². The van der Waals surface area contributed by atoms with Crippen LogP contribution in [0.15, 0.2) is 4.47 Å². The number of hydrogen-bond donors (Lipinski definition) is 1. The minimum atomic E-state index is 0.338. The Kier molecular flexibility index (Phi) is 3.76. The Labute approximate surface area is 122 Å². The van der Waals surface area contributed by atoms with Crippen LogP contribution in [0.5, 0.6) is 0 Å². The van der Waals surface area contributed by atoms with Crippen molar-refractivity contribution >= 4 is 21.7 Å². The summed E-state index contributed by atoms with van der Waals surface area (Å²) in [4.78, 5) is 9.48. The van der Waals surface area contributed by atoms with Crippen LogP contribution in [0.4, 0.5) is 5.82 Å². The number of nitrogens with zero attached hydrogens (tertiary/aromatic N) is 2. The first kappa shape index (κ1) is 13.3. The fourth-order valence-corrected chi connectivity index (χ4v) is 3.70. The van der Waals surface area contributed by atoms with Crippen LogP contribution in [0.2, 0.25) is 0 Å². The molecule has 0 spiro atoms. The molecule has 0 saturated carbocycles. The van der Waals surface area contributed by atoms with Crippen molar-refractivity contribution in [3.63, 3.8) is 0 Å². The lowest BCUT2D eigenvalue weighted by atomic mass is 9.88. The molecule has 3 rings (SSSR count). The van der Waals surface area contributed by atoms with Gasteiger partial charge in [0.15, 0.2) is 0 Å². The van der Waals surface area contributed by atoms with Gasteiger partial charge < -0.3 is 10.1 Å². The number of ether oxygens (including phenoxy) is 1. The summed E-state index contributed by atoms with van der Waals surface area (Å²) in [6.07, 6.45) is 5.14. The molecule has 2 aliphatic heterocycles. The fourth-order valence-electron chi connectivity index (χ4n) is 3.11. The zero-order valence-electron chi connectivity index (χ0n) is 11.4. The number of anilines is 1. The van der Waals surface area contributed by atoms with Gasteiger partial charge in [0, 0.05) is 12.5 Å². The van der Waals surface area contributed by atoms with E-state index in [-0.39, 0.29) is 0 Å². The summed E-state index contributed by atoms with van der Waals surface area (Å²) in [5.74, 6) is 2.27. The Balaban J connectivity index is 1.94. The maximum Gasteiger partial charge on any atom is 0.144 e. The highest BCUT2D eigenvalue weighted by Crippen LogP contribution is 2.44. The van der Waals surface area contributed by atoms with Gasteiger partial charge in [-0.2, -0.15) is 0 Å². The Morgan fingerprint density at radius 1 is 1.32 bits per heavy atom. The molecule has 1 N–H and O–H groups in total. The van der Waals surface area contributed by atoms with Gasteiger partial charge in [0.25, 0.3) is 0 Å². The molecule has 19 heavy (non-hydrogen) atoms. The van der Waals surface area contributed by atoms with Crippen molar-refractivity contribution in [1.29, 1.82) is 0 Å². The van der Waals surface area contributed by atoms with Crippen LogP contribution in [0.25, 0.3) is 0 Å². The highest BCUT2D eigenvalue weighted by atomic mass is 79.9. The van der Waals surface area contributed by atoms with Crippen LogP contribution in [0, 0.1) is 0 Å². The van der Waals surface area contributed by atoms with Crippen LogP contribution >= 0.6 is 15.9 Å². The van der Waals surface area contributed by atoms with E-state index in [1.54, 1.807) is 0 Å². The normalized spacial score (nSPS) is 28.9. The molecule has 2 fully saturated rings. The monoisotopic (exact) mass is 325 g/mol. The number of rotatable bonds is 4. The van der Waals surface area contributed by atoms with E-state index in [9.17, 15) is 0 Å². The summed E-state index contributed by atoms with van der Waals surface area (Å²) in [6.45, 7) is 5.08. The number of hydrogen-bond acceptors (Lipinski definition) is 4. The van der Waals surface area contributed by atoms with Crippen molar-refractivity contribution < 1.29 is 4.74 Å². The second-order valence-electron chi connectivity index (χ2n) is 5.29. The smallest absolute Gasteiger partial charge is 0.144 e. The molecular formula is C14H20BrN3O.